The van der Waals surface area contributed by atoms with Gasteiger partial charge >= 0.3 is 0 Å². The quantitative estimate of drug-likeness (QED) is 0.607. The van der Waals surface area contributed by atoms with Crippen molar-refractivity contribution in [2.45, 2.75) is 39.3 Å². The van der Waals surface area contributed by atoms with Crippen LogP contribution in [-0.4, -0.2) is 40.9 Å². The molecule has 0 aliphatic carbocycles. The number of anilines is 1. The molecule has 2 unspecified atom stereocenters. The number of benzene rings is 1. The number of nitro groups is 1. The van der Waals surface area contributed by atoms with E-state index in [9.17, 15) is 14.9 Å². The highest BCUT2D eigenvalue weighted by Crippen LogP contribution is 2.30. The van der Waals surface area contributed by atoms with Gasteiger partial charge in [0.25, 0.3) is 5.69 Å². The summed E-state index contributed by atoms with van der Waals surface area (Å²) in [7, 11) is 0. The lowest BCUT2D eigenvalue weighted by atomic mass is 9.79. The molecule has 2 atom stereocenters. The second-order valence-electron chi connectivity index (χ2n) is 6.94. The minimum Gasteiger partial charge on any atom is -0.327 e. The van der Waals surface area contributed by atoms with Crippen LogP contribution in [-0.2, 0) is 4.79 Å². The predicted molar refractivity (Wildman–Crippen MR) is 101 cm³/mol. The lowest BCUT2D eigenvalue weighted by molar-refractivity contribution is -0.384. The third-order valence-corrected chi connectivity index (χ3v) is 5.02. The number of likely N-dealkylation sites (tertiary alicyclic amines) is 1. The van der Waals surface area contributed by atoms with Gasteiger partial charge < -0.3 is 11.1 Å². The molecule has 1 aromatic rings. The van der Waals surface area contributed by atoms with Gasteiger partial charge in [0.05, 0.1) is 21.7 Å². The number of carbonyl (C=O) groups is 1. The minimum absolute atomic E-state index is 0. The van der Waals surface area contributed by atoms with E-state index in [1.165, 1.54) is 18.2 Å². The number of nitro benzene ring substituents is 1. The van der Waals surface area contributed by atoms with E-state index >= 15 is 0 Å². The maximum absolute atomic E-state index is 12.5. The molecule has 1 saturated heterocycles. The lowest BCUT2D eigenvalue weighted by Gasteiger charge is -2.44. The fourth-order valence-corrected chi connectivity index (χ4v) is 3.04. The molecular formula is C16H24Cl2N4O3. The maximum atomic E-state index is 12.5. The van der Waals surface area contributed by atoms with E-state index in [1.807, 2.05) is 6.92 Å². The molecule has 0 radical (unpaired) electrons. The largest absolute Gasteiger partial charge is 0.327 e. The zero-order chi connectivity index (χ0) is 18.1. The SMILES string of the molecule is CC(C(=O)Nc1cc([N+](=O)[O-])ccc1Cl)N1CCC(N)C(C)(C)C1.Cl. The number of hydrogen-bond donors (Lipinski definition) is 2. The Morgan fingerprint density at radius 1 is 1.52 bits per heavy atom. The van der Waals surface area contributed by atoms with E-state index < -0.39 is 4.92 Å². The van der Waals surface area contributed by atoms with Crippen LogP contribution < -0.4 is 11.1 Å². The lowest BCUT2D eigenvalue weighted by Crippen LogP contribution is -2.56. The highest BCUT2D eigenvalue weighted by Gasteiger charge is 2.36. The Morgan fingerprint density at radius 2 is 2.16 bits per heavy atom. The number of nitrogens with one attached hydrogen (secondary N) is 1. The third-order valence-electron chi connectivity index (χ3n) is 4.69. The molecule has 0 bridgehead atoms. The van der Waals surface area contributed by atoms with Crippen LogP contribution in [0.15, 0.2) is 18.2 Å². The maximum Gasteiger partial charge on any atom is 0.271 e. The highest BCUT2D eigenvalue weighted by atomic mass is 35.5. The van der Waals surface area contributed by atoms with Gasteiger partial charge in [0.15, 0.2) is 0 Å². The van der Waals surface area contributed by atoms with Crippen LogP contribution in [0, 0.1) is 15.5 Å². The molecule has 1 aliphatic heterocycles. The van der Waals surface area contributed by atoms with E-state index in [0.29, 0.717) is 6.54 Å². The van der Waals surface area contributed by atoms with Crippen molar-refractivity contribution in [3.05, 3.63) is 33.3 Å². The second-order valence-corrected chi connectivity index (χ2v) is 7.35. The van der Waals surface area contributed by atoms with Crippen LogP contribution in [0.4, 0.5) is 11.4 Å². The van der Waals surface area contributed by atoms with Crippen molar-refractivity contribution < 1.29 is 9.72 Å². The molecule has 0 spiro atoms. The average Bonchev–Trinajstić information content (AvgIpc) is 2.51. The van der Waals surface area contributed by atoms with Crippen molar-refractivity contribution in [2.24, 2.45) is 11.1 Å². The van der Waals surface area contributed by atoms with E-state index in [4.69, 9.17) is 17.3 Å². The topological polar surface area (TPSA) is 101 Å². The molecule has 1 amide bonds. The number of non-ortho nitro benzene ring substituents is 1. The Bertz CT molecular complexity index is 654. The van der Waals surface area contributed by atoms with Gasteiger partial charge in [0, 0.05) is 31.3 Å². The molecule has 1 fully saturated rings. The van der Waals surface area contributed by atoms with Crippen molar-refractivity contribution in [1.82, 2.24) is 4.90 Å². The number of piperidine rings is 1. The van der Waals surface area contributed by atoms with Gasteiger partial charge in [-0.15, -0.1) is 12.4 Å². The summed E-state index contributed by atoms with van der Waals surface area (Å²) in [5.74, 6) is -0.247. The summed E-state index contributed by atoms with van der Waals surface area (Å²) < 4.78 is 0. The minimum atomic E-state index is -0.524. The van der Waals surface area contributed by atoms with Crippen molar-refractivity contribution in [3.63, 3.8) is 0 Å². The molecule has 1 aromatic carbocycles. The summed E-state index contributed by atoms with van der Waals surface area (Å²) in [5, 5.41) is 13.8. The van der Waals surface area contributed by atoms with E-state index in [0.717, 1.165) is 13.0 Å². The normalized spacial score (nSPS) is 21.1. The number of nitrogens with zero attached hydrogens (tertiary/aromatic N) is 2. The van der Waals surface area contributed by atoms with Gasteiger partial charge in [-0.1, -0.05) is 25.4 Å². The molecule has 1 heterocycles. The average molecular weight is 391 g/mol. The summed E-state index contributed by atoms with van der Waals surface area (Å²) in [4.78, 5) is 24.9. The number of nitrogens with two attached hydrogens (primary N) is 1. The number of hydrogen-bond acceptors (Lipinski definition) is 5. The number of carbonyl (C=O) groups excluding carboxylic acids is 1. The zero-order valence-corrected chi connectivity index (χ0v) is 16.1. The molecule has 0 saturated carbocycles. The van der Waals surface area contributed by atoms with Gasteiger partial charge in [0.2, 0.25) is 5.91 Å². The van der Waals surface area contributed by atoms with Crippen molar-refractivity contribution in [2.75, 3.05) is 18.4 Å². The fourth-order valence-electron chi connectivity index (χ4n) is 2.87. The molecule has 7 nitrogen and oxygen atoms in total. The molecule has 140 valence electrons. The van der Waals surface area contributed by atoms with Gasteiger partial charge in [-0.2, -0.15) is 0 Å². The van der Waals surface area contributed by atoms with Crippen LogP contribution in [0.5, 0.6) is 0 Å². The third kappa shape index (κ3) is 5.04. The van der Waals surface area contributed by atoms with Crippen molar-refractivity contribution >= 4 is 41.3 Å². The highest BCUT2D eigenvalue weighted by molar-refractivity contribution is 6.33. The summed E-state index contributed by atoms with van der Waals surface area (Å²) >= 11 is 6.03. The summed E-state index contributed by atoms with van der Waals surface area (Å²) in [6, 6.07) is 3.70. The van der Waals surface area contributed by atoms with Crippen LogP contribution in [0.1, 0.15) is 27.2 Å². The Hall–Kier alpha value is -1.41. The van der Waals surface area contributed by atoms with Gasteiger partial charge in [-0.05, 0) is 24.8 Å². The van der Waals surface area contributed by atoms with Crippen molar-refractivity contribution in [3.8, 4) is 0 Å². The predicted octanol–water partition coefficient (Wildman–Crippen LogP) is 3.06. The molecular weight excluding hydrogens is 367 g/mol. The van der Waals surface area contributed by atoms with Crippen LogP contribution >= 0.6 is 24.0 Å². The zero-order valence-electron chi connectivity index (χ0n) is 14.5. The van der Waals surface area contributed by atoms with Crippen LogP contribution in [0.25, 0.3) is 0 Å². The number of halogens is 2. The van der Waals surface area contributed by atoms with Crippen LogP contribution in [0.3, 0.4) is 0 Å². The first kappa shape index (κ1) is 21.6. The Balaban J connectivity index is 0.00000312. The summed E-state index contributed by atoms with van der Waals surface area (Å²) in [5.41, 5.74) is 6.19. The van der Waals surface area contributed by atoms with Gasteiger partial charge in [0.1, 0.15) is 0 Å². The monoisotopic (exact) mass is 390 g/mol. The smallest absolute Gasteiger partial charge is 0.271 e. The summed E-state index contributed by atoms with van der Waals surface area (Å²) in [6.07, 6.45) is 0.822. The van der Waals surface area contributed by atoms with Crippen LogP contribution in [0.2, 0.25) is 5.02 Å². The Kier molecular flexibility index (Phi) is 7.19. The molecule has 1 aliphatic rings. The first-order valence-corrected chi connectivity index (χ1v) is 8.24. The van der Waals surface area contributed by atoms with E-state index in [2.05, 4.69) is 24.1 Å². The molecule has 9 heteroatoms. The first-order valence-electron chi connectivity index (χ1n) is 7.86. The molecule has 25 heavy (non-hydrogen) atoms. The van der Waals surface area contributed by atoms with Gasteiger partial charge in [-0.3, -0.25) is 19.8 Å². The Morgan fingerprint density at radius 3 is 2.72 bits per heavy atom. The first-order chi connectivity index (χ1) is 11.1. The standard InChI is InChI=1S/C16H23ClN4O3.ClH/c1-10(20-7-6-14(18)16(2,3)9-20)15(22)19-13-8-11(21(23)24)4-5-12(13)17;/h4-5,8,10,14H,6-7,9,18H2,1-3H3,(H,19,22);1H. The van der Waals surface area contributed by atoms with E-state index in [-0.39, 0.29) is 52.2 Å². The van der Waals surface area contributed by atoms with Crippen molar-refractivity contribution in [1.29, 1.82) is 0 Å². The van der Waals surface area contributed by atoms with E-state index in [1.54, 1.807) is 0 Å². The van der Waals surface area contributed by atoms with Gasteiger partial charge in [-0.25, -0.2) is 0 Å². The summed E-state index contributed by atoms with van der Waals surface area (Å²) in [6.45, 7) is 7.44. The molecule has 3 N–H and O–H groups in total. The molecule has 2 rings (SSSR count). The number of amides is 1. The Labute approximate surface area is 158 Å². The fraction of sp³-hybridized carbons (Fsp3) is 0.562. The second kappa shape index (κ2) is 8.31. The number of rotatable bonds is 4. The molecule has 0 aromatic heterocycles.